The summed E-state index contributed by atoms with van der Waals surface area (Å²) in [7, 11) is 0. The second kappa shape index (κ2) is 16.2. The van der Waals surface area contributed by atoms with Gasteiger partial charge in [0, 0.05) is 0 Å². The minimum atomic E-state index is -0.232. The van der Waals surface area contributed by atoms with Crippen molar-refractivity contribution in [2.75, 3.05) is 6.79 Å². The predicted octanol–water partition coefficient (Wildman–Crippen LogP) is 6.11. The molecule has 0 spiro atoms. The fourth-order valence-corrected chi connectivity index (χ4v) is 4.85. The van der Waals surface area contributed by atoms with E-state index in [9.17, 15) is 14.4 Å². The Bertz CT molecular complexity index is 633. The Morgan fingerprint density at radius 3 is 1.97 bits per heavy atom. The van der Waals surface area contributed by atoms with Crippen LogP contribution in [-0.4, -0.2) is 43.0 Å². The molecule has 35 heavy (non-hydrogen) atoms. The number of carbonyl (C=O) groups excluding carboxylic acids is 3. The normalized spacial score (nSPS) is 26.4. The van der Waals surface area contributed by atoms with Gasteiger partial charge in [-0.05, 0) is 77.6 Å². The van der Waals surface area contributed by atoms with Crippen LogP contribution in [0.2, 0.25) is 0 Å². The van der Waals surface area contributed by atoms with Crippen LogP contribution in [0.3, 0.4) is 0 Å². The van der Waals surface area contributed by atoms with Crippen LogP contribution >= 0.6 is 0 Å². The highest BCUT2D eigenvalue weighted by atomic mass is 16.7. The Hall–Kier alpha value is -1.63. The molecule has 2 aliphatic rings. The molecule has 0 aromatic carbocycles. The summed E-state index contributed by atoms with van der Waals surface area (Å²) in [4.78, 5) is 36.9. The maximum Gasteiger partial charge on any atom is 0.310 e. The fourth-order valence-electron chi connectivity index (χ4n) is 4.85. The van der Waals surface area contributed by atoms with E-state index in [2.05, 4.69) is 6.92 Å². The summed E-state index contributed by atoms with van der Waals surface area (Å²) in [5.41, 5.74) is 0. The SMILES string of the molecule is CCCCCCC(C)OC(=O)C1CCC(OC(=O)C2CCC(OCOC(=O)C(C)CC)CC2)CC1. The minimum absolute atomic E-state index is 0.0132. The van der Waals surface area contributed by atoms with Gasteiger partial charge < -0.3 is 18.9 Å². The zero-order valence-corrected chi connectivity index (χ0v) is 22.4. The van der Waals surface area contributed by atoms with E-state index in [1.807, 2.05) is 20.8 Å². The van der Waals surface area contributed by atoms with Crippen molar-refractivity contribution >= 4 is 17.9 Å². The van der Waals surface area contributed by atoms with Crippen LogP contribution in [-0.2, 0) is 33.3 Å². The van der Waals surface area contributed by atoms with Crippen molar-refractivity contribution in [3.8, 4) is 0 Å². The topological polar surface area (TPSA) is 88.1 Å². The van der Waals surface area contributed by atoms with Crippen LogP contribution in [0.1, 0.15) is 118 Å². The highest BCUT2D eigenvalue weighted by Gasteiger charge is 2.33. The smallest absolute Gasteiger partial charge is 0.310 e. The Kier molecular flexibility index (Phi) is 13.7. The van der Waals surface area contributed by atoms with E-state index in [1.165, 1.54) is 19.3 Å². The summed E-state index contributed by atoms with van der Waals surface area (Å²) in [6.45, 7) is 7.94. The highest BCUT2D eigenvalue weighted by molar-refractivity contribution is 5.74. The van der Waals surface area contributed by atoms with Gasteiger partial charge >= 0.3 is 17.9 Å². The van der Waals surface area contributed by atoms with E-state index in [0.717, 1.165) is 70.6 Å². The van der Waals surface area contributed by atoms with Gasteiger partial charge in [-0.2, -0.15) is 0 Å². The molecule has 2 aliphatic carbocycles. The maximum atomic E-state index is 12.7. The summed E-state index contributed by atoms with van der Waals surface area (Å²) in [6, 6.07) is 0. The first-order valence-corrected chi connectivity index (χ1v) is 14.0. The molecule has 0 N–H and O–H groups in total. The van der Waals surface area contributed by atoms with Crippen molar-refractivity contribution in [1.82, 2.24) is 0 Å². The van der Waals surface area contributed by atoms with Crippen molar-refractivity contribution < 1.29 is 33.3 Å². The van der Waals surface area contributed by atoms with Crippen LogP contribution in [0.5, 0.6) is 0 Å². The summed E-state index contributed by atoms with van der Waals surface area (Å²) in [5.74, 6) is -0.749. The second-order valence-corrected chi connectivity index (χ2v) is 10.5. The Morgan fingerprint density at radius 1 is 0.771 bits per heavy atom. The molecule has 2 unspecified atom stereocenters. The van der Waals surface area contributed by atoms with Crippen LogP contribution in [0.4, 0.5) is 0 Å². The molecule has 0 radical (unpaired) electrons. The standard InChI is InChI=1S/C28H48O7/c1-5-7-8-9-10-21(4)34-27(30)22-13-17-25(18-14-22)35-28(31)23-11-15-24(16-12-23)32-19-33-26(29)20(3)6-2/h20-25H,5-19H2,1-4H3. The summed E-state index contributed by atoms with van der Waals surface area (Å²) < 4.78 is 22.3. The quantitative estimate of drug-likeness (QED) is 0.124. The third-order valence-electron chi connectivity index (χ3n) is 7.60. The number of ether oxygens (including phenoxy) is 4. The van der Waals surface area contributed by atoms with Gasteiger partial charge in [-0.3, -0.25) is 14.4 Å². The number of unbranched alkanes of at least 4 members (excludes halogenated alkanes) is 3. The predicted molar refractivity (Wildman–Crippen MR) is 133 cm³/mol. The molecule has 2 saturated carbocycles. The van der Waals surface area contributed by atoms with E-state index in [-0.39, 0.29) is 60.8 Å². The number of rotatable bonds is 14. The summed E-state index contributed by atoms with van der Waals surface area (Å²) in [6.07, 6.45) is 12.1. The lowest BCUT2D eigenvalue weighted by molar-refractivity contribution is -0.168. The zero-order valence-electron chi connectivity index (χ0n) is 22.4. The highest BCUT2D eigenvalue weighted by Crippen LogP contribution is 2.31. The molecule has 0 aliphatic heterocycles. The molecular weight excluding hydrogens is 448 g/mol. The van der Waals surface area contributed by atoms with Gasteiger partial charge in [0.2, 0.25) is 0 Å². The average Bonchev–Trinajstić information content (AvgIpc) is 2.86. The molecule has 2 rings (SSSR count). The molecule has 0 aromatic heterocycles. The van der Waals surface area contributed by atoms with Gasteiger partial charge in [0.05, 0.1) is 30.0 Å². The minimum Gasteiger partial charge on any atom is -0.462 e. The molecule has 0 aromatic rings. The van der Waals surface area contributed by atoms with Crippen LogP contribution in [0.25, 0.3) is 0 Å². The average molecular weight is 497 g/mol. The molecule has 2 fully saturated rings. The van der Waals surface area contributed by atoms with Crippen molar-refractivity contribution in [1.29, 1.82) is 0 Å². The molecule has 0 bridgehead atoms. The molecule has 7 nitrogen and oxygen atoms in total. The third kappa shape index (κ3) is 10.9. The Morgan fingerprint density at radius 2 is 1.37 bits per heavy atom. The first-order chi connectivity index (χ1) is 16.8. The van der Waals surface area contributed by atoms with E-state index in [0.29, 0.717) is 0 Å². The summed E-state index contributed by atoms with van der Waals surface area (Å²) >= 11 is 0. The van der Waals surface area contributed by atoms with E-state index in [1.54, 1.807) is 0 Å². The molecule has 0 heterocycles. The molecule has 7 heteroatoms. The molecular formula is C28H48O7. The molecule has 0 amide bonds. The van der Waals surface area contributed by atoms with E-state index >= 15 is 0 Å². The van der Waals surface area contributed by atoms with Crippen molar-refractivity contribution in [3.63, 3.8) is 0 Å². The van der Waals surface area contributed by atoms with E-state index in [4.69, 9.17) is 18.9 Å². The maximum absolute atomic E-state index is 12.7. The van der Waals surface area contributed by atoms with Crippen molar-refractivity contribution in [2.24, 2.45) is 17.8 Å². The third-order valence-corrected chi connectivity index (χ3v) is 7.60. The van der Waals surface area contributed by atoms with Gasteiger partial charge in [0.25, 0.3) is 0 Å². The Balaban J connectivity index is 1.59. The van der Waals surface area contributed by atoms with Crippen LogP contribution < -0.4 is 0 Å². The fraction of sp³-hybridized carbons (Fsp3) is 0.893. The number of hydrogen-bond donors (Lipinski definition) is 0. The number of esters is 3. The lowest BCUT2D eigenvalue weighted by Gasteiger charge is -2.31. The van der Waals surface area contributed by atoms with Crippen LogP contribution in [0.15, 0.2) is 0 Å². The first kappa shape index (κ1) is 29.6. The van der Waals surface area contributed by atoms with Gasteiger partial charge in [0.1, 0.15) is 6.10 Å². The number of hydrogen-bond acceptors (Lipinski definition) is 7. The number of carbonyl (C=O) groups is 3. The summed E-state index contributed by atoms with van der Waals surface area (Å²) in [5, 5.41) is 0. The largest absolute Gasteiger partial charge is 0.462 e. The van der Waals surface area contributed by atoms with Gasteiger partial charge in [0.15, 0.2) is 6.79 Å². The zero-order chi connectivity index (χ0) is 25.6. The monoisotopic (exact) mass is 496 g/mol. The Labute approximate surface area is 212 Å². The lowest BCUT2D eigenvalue weighted by Crippen LogP contribution is -2.33. The lowest BCUT2D eigenvalue weighted by atomic mass is 9.86. The molecule has 0 saturated heterocycles. The molecule has 202 valence electrons. The van der Waals surface area contributed by atoms with Crippen molar-refractivity contribution in [3.05, 3.63) is 0 Å². The van der Waals surface area contributed by atoms with Gasteiger partial charge in [-0.1, -0.05) is 40.0 Å². The van der Waals surface area contributed by atoms with Crippen molar-refractivity contribution in [2.45, 2.75) is 136 Å². The first-order valence-electron chi connectivity index (χ1n) is 14.0. The van der Waals surface area contributed by atoms with E-state index < -0.39 is 0 Å². The van der Waals surface area contributed by atoms with Gasteiger partial charge in [-0.15, -0.1) is 0 Å². The second-order valence-electron chi connectivity index (χ2n) is 10.5. The van der Waals surface area contributed by atoms with Gasteiger partial charge in [-0.25, -0.2) is 0 Å². The van der Waals surface area contributed by atoms with Crippen LogP contribution in [0, 0.1) is 17.8 Å². The molecule has 2 atom stereocenters.